The monoisotopic (exact) mass is 375 g/mol. The number of thiazole rings is 1. The third kappa shape index (κ3) is 3.86. The van der Waals surface area contributed by atoms with Crippen LogP contribution in [0.25, 0.3) is 10.2 Å². The number of para-hydroxylation sites is 1. The molecule has 138 valence electrons. The lowest BCUT2D eigenvalue weighted by Gasteiger charge is -2.25. The molecule has 1 aromatic carbocycles. The van der Waals surface area contributed by atoms with Gasteiger partial charge < -0.3 is 20.3 Å². The van der Waals surface area contributed by atoms with Crippen molar-refractivity contribution in [3.8, 4) is 0 Å². The molecule has 0 saturated heterocycles. The second-order valence-corrected chi connectivity index (χ2v) is 7.31. The number of urea groups is 1. The largest absolute Gasteiger partial charge is 0.463 e. The average Bonchev–Trinajstić information content (AvgIpc) is 3.05. The normalized spacial score (nSPS) is 16.8. The number of ether oxygens (including phenoxy) is 1. The van der Waals surface area contributed by atoms with E-state index >= 15 is 0 Å². The van der Waals surface area contributed by atoms with Gasteiger partial charge in [0.1, 0.15) is 12.6 Å². The number of hydrogen-bond acceptors (Lipinski definition) is 5. The molecule has 0 bridgehead atoms. The van der Waals surface area contributed by atoms with Gasteiger partial charge in [0.25, 0.3) is 0 Å². The molecule has 8 heteroatoms. The predicted octanol–water partition coefficient (Wildman–Crippen LogP) is 1.00. The highest BCUT2D eigenvalue weighted by Crippen LogP contribution is 2.24. The summed E-state index contributed by atoms with van der Waals surface area (Å²) in [6.07, 6.45) is 0. The van der Waals surface area contributed by atoms with Gasteiger partial charge in [-0.3, -0.25) is 0 Å². The first-order valence-electron chi connectivity index (χ1n) is 8.61. The Morgan fingerprint density at radius 3 is 2.92 bits per heavy atom. The van der Waals surface area contributed by atoms with E-state index in [4.69, 9.17) is 9.72 Å². The van der Waals surface area contributed by atoms with E-state index in [-0.39, 0.29) is 18.6 Å². The number of esters is 1. The molecule has 2 heterocycles. The van der Waals surface area contributed by atoms with Gasteiger partial charge in [0.2, 0.25) is 0 Å². The zero-order chi connectivity index (χ0) is 18.7. The highest BCUT2D eigenvalue weighted by atomic mass is 32.1. The van der Waals surface area contributed by atoms with E-state index in [9.17, 15) is 9.59 Å². The molecule has 0 spiro atoms. The van der Waals surface area contributed by atoms with E-state index in [1.807, 2.05) is 25.2 Å². The SMILES string of the molecule is CCOC(=O)C1=C(C[NH+](C)[C@H](C)c2nc3ccccc3s2)NC(=O)NC1. The Kier molecular flexibility index (Phi) is 5.53. The van der Waals surface area contributed by atoms with Gasteiger partial charge in [-0.1, -0.05) is 12.1 Å². The van der Waals surface area contributed by atoms with Crippen LogP contribution in [0, 0.1) is 0 Å². The molecule has 2 aromatic rings. The van der Waals surface area contributed by atoms with Crippen LogP contribution in [0.4, 0.5) is 4.79 Å². The summed E-state index contributed by atoms with van der Waals surface area (Å²) >= 11 is 1.67. The fraction of sp³-hybridized carbons (Fsp3) is 0.389. The predicted molar refractivity (Wildman–Crippen MR) is 100.0 cm³/mol. The van der Waals surface area contributed by atoms with Gasteiger partial charge in [-0.05, 0) is 26.0 Å². The molecule has 0 saturated carbocycles. The van der Waals surface area contributed by atoms with E-state index in [2.05, 4.69) is 23.6 Å². The van der Waals surface area contributed by atoms with Crippen LogP contribution in [-0.2, 0) is 9.53 Å². The molecule has 1 unspecified atom stereocenters. The third-order valence-electron chi connectivity index (χ3n) is 4.45. The minimum Gasteiger partial charge on any atom is -0.463 e. The Bertz CT molecular complexity index is 828. The van der Waals surface area contributed by atoms with E-state index in [1.54, 1.807) is 18.3 Å². The molecular formula is C18H23N4O3S+. The number of aromatic nitrogens is 1. The van der Waals surface area contributed by atoms with Gasteiger partial charge in [-0.25, -0.2) is 14.6 Å². The standard InChI is InChI=1S/C18H22N4O3S/c1-4-25-17(23)12-9-19-18(24)21-14(12)10-22(3)11(2)16-20-13-7-5-6-8-15(13)26-16/h5-8,11H,4,9-10H2,1-3H3,(H2,19,21,24)/p+1/t11-/m1/s1. The van der Waals surface area contributed by atoms with Crippen LogP contribution in [-0.4, -0.2) is 43.7 Å². The molecule has 2 amide bonds. The third-order valence-corrected chi connectivity index (χ3v) is 5.67. The number of nitrogens with one attached hydrogen (secondary N) is 3. The first-order chi connectivity index (χ1) is 12.5. The molecule has 1 aliphatic rings. The number of amides is 2. The average molecular weight is 375 g/mol. The Labute approximate surface area is 156 Å². The first kappa shape index (κ1) is 18.3. The number of fused-ring (bicyclic) bond motifs is 1. The lowest BCUT2D eigenvalue weighted by Crippen LogP contribution is -3.09. The molecule has 7 nitrogen and oxygen atoms in total. The van der Waals surface area contributed by atoms with Crippen LogP contribution in [0.3, 0.4) is 0 Å². The van der Waals surface area contributed by atoms with E-state index in [0.29, 0.717) is 24.4 Å². The van der Waals surface area contributed by atoms with Crippen LogP contribution in [0.1, 0.15) is 24.9 Å². The number of quaternary nitrogens is 1. The maximum absolute atomic E-state index is 12.2. The number of carbonyl (C=O) groups is 2. The summed E-state index contributed by atoms with van der Waals surface area (Å²) in [5, 5.41) is 6.42. The van der Waals surface area contributed by atoms with Crippen LogP contribution in [0.2, 0.25) is 0 Å². The molecule has 1 aromatic heterocycles. The Morgan fingerprint density at radius 2 is 2.19 bits per heavy atom. The number of likely N-dealkylation sites (N-methyl/N-ethyl adjacent to an activating group) is 1. The zero-order valence-corrected chi connectivity index (χ0v) is 15.9. The van der Waals surface area contributed by atoms with Gasteiger partial charge >= 0.3 is 12.0 Å². The topological polar surface area (TPSA) is 84.8 Å². The van der Waals surface area contributed by atoms with Crippen LogP contribution in [0.5, 0.6) is 0 Å². The van der Waals surface area contributed by atoms with Crippen molar-refractivity contribution in [1.82, 2.24) is 15.6 Å². The molecular weight excluding hydrogens is 352 g/mol. The molecule has 0 fully saturated rings. The van der Waals surface area contributed by atoms with E-state index in [0.717, 1.165) is 20.1 Å². The van der Waals surface area contributed by atoms with Crippen molar-refractivity contribution in [2.75, 3.05) is 26.7 Å². The number of benzene rings is 1. The second-order valence-electron chi connectivity index (χ2n) is 6.25. The van der Waals surface area contributed by atoms with Crippen molar-refractivity contribution in [3.63, 3.8) is 0 Å². The minimum absolute atomic E-state index is 0.120. The second kappa shape index (κ2) is 7.84. The highest BCUT2D eigenvalue weighted by molar-refractivity contribution is 7.18. The Hall–Kier alpha value is -2.45. The van der Waals surface area contributed by atoms with E-state index < -0.39 is 5.97 Å². The van der Waals surface area contributed by atoms with Gasteiger partial charge in [0.15, 0.2) is 5.01 Å². The molecule has 0 radical (unpaired) electrons. The van der Waals surface area contributed by atoms with Crippen molar-refractivity contribution in [2.24, 2.45) is 0 Å². The quantitative estimate of drug-likeness (QED) is 0.658. The van der Waals surface area contributed by atoms with Crippen LogP contribution < -0.4 is 15.5 Å². The summed E-state index contributed by atoms with van der Waals surface area (Å²) in [5.41, 5.74) is 2.08. The number of hydrogen-bond donors (Lipinski definition) is 3. The number of carbonyl (C=O) groups excluding carboxylic acids is 2. The lowest BCUT2D eigenvalue weighted by atomic mass is 10.1. The molecule has 3 rings (SSSR count). The molecule has 26 heavy (non-hydrogen) atoms. The Balaban J connectivity index is 1.80. The lowest BCUT2D eigenvalue weighted by molar-refractivity contribution is -0.905. The Morgan fingerprint density at radius 1 is 1.42 bits per heavy atom. The fourth-order valence-corrected chi connectivity index (χ4v) is 3.93. The maximum atomic E-state index is 12.2. The summed E-state index contributed by atoms with van der Waals surface area (Å²) in [6, 6.07) is 7.88. The first-order valence-corrected chi connectivity index (χ1v) is 9.43. The van der Waals surface area contributed by atoms with Crippen molar-refractivity contribution < 1.29 is 19.2 Å². The van der Waals surface area contributed by atoms with Gasteiger partial charge in [-0.15, -0.1) is 11.3 Å². The zero-order valence-electron chi connectivity index (χ0n) is 15.1. The number of rotatable bonds is 6. The fourth-order valence-electron chi connectivity index (χ4n) is 2.81. The molecule has 3 N–H and O–H groups in total. The van der Waals surface area contributed by atoms with Crippen molar-refractivity contribution in [1.29, 1.82) is 0 Å². The van der Waals surface area contributed by atoms with Crippen LogP contribution in [0.15, 0.2) is 35.5 Å². The van der Waals surface area contributed by atoms with Gasteiger partial charge in [0, 0.05) is 0 Å². The summed E-state index contributed by atoms with van der Waals surface area (Å²) in [6.45, 7) is 4.84. The van der Waals surface area contributed by atoms with Crippen molar-refractivity contribution in [3.05, 3.63) is 40.5 Å². The highest BCUT2D eigenvalue weighted by Gasteiger charge is 2.28. The molecule has 2 atom stereocenters. The molecule has 0 aliphatic carbocycles. The summed E-state index contributed by atoms with van der Waals surface area (Å²) in [5.74, 6) is -0.393. The maximum Gasteiger partial charge on any atom is 0.337 e. The summed E-state index contributed by atoms with van der Waals surface area (Å²) in [7, 11) is 2.03. The van der Waals surface area contributed by atoms with Crippen molar-refractivity contribution in [2.45, 2.75) is 19.9 Å². The summed E-state index contributed by atoms with van der Waals surface area (Å²) in [4.78, 5) is 29.7. The summed E-state index contributed by atoms with van der Waals surface area (Å²) < 4.78 is 6.26. The van der Waals surface area contributed by atoms with Crippen LogP contribution >= 0.6 is 11.3 Å². The van der Waals surface area contributed by atoms with Gasteiger partial charge in [-0.2, -0.15) is 0 Å². The minimum atomic E-state index is -0.393. The molecule has 1 aliphatic heterocycles. The van der Waals surface area contributed by atoms with Crippen molar-refractivity contribution >= 4 is 33.6 Å². The van der Waals surface area contributed by atoms with Gasteiger partial charge in [0.05, 0.1) is 41.7 Å². The number of nitrogens with zero attached hydrogens (tertiary/aromatic N) is 1. The smallest absolute Gasteiger partial charge is 0.337 e. The van der Waals surface area contributed by atoms with E-state index in [1.165, 1.54) is 0 Å².